The van der Waals surface area contributed by atoms with Crippen molar-refractivity contribution < 1.29 is 9.53 Å². The lowest BCUT2D eigenvalue weighted by molar-refractivity contribution is -0.128. The van der Waals surface area contributed by atoms with Crippen LogP contribution in [0.4, 0.5) is 0 Å². The van der Waals surface area contributed by atoms with Gasteiger partial charge in [-0.2, -0.15) is 0 Å². The third-order valence-electron chi connectivity index (χ3n) is 2.75. The molecule has 0 spiro atoms. The van der Waals surface area contributed by atoms with Gasteiger partial charge in [-0.25, -0.2) is 0 Å². The van der Waals surface area contributed by atoms with Crippen LogP contribution in [0.3, 0.4) is 0 Å². The Bertz CT molecular complexity index is 216. The van der Waals surface area contributed by atoms with Gasteiger partial charge in [-0.1, -0.05) is 0 Å². The monoisotopic (exact) mass is 200 g/mol. The Labute approximate surface area is 85.6 Å². The molecular formula is C10H20N2O2. The number of nitrogens with one attached hydrogen (secondary N) is 1. The van der Waals surface area contributed by atoms with Crippen LogP contribution in [0.15, 0.2) is 0 Å². The summed E-state index contributed by atoms with van der Waals surface area (Å²) < 4.78 is 5.27. The second-order valence-electron chi connectivity index (χ2n) is 4.45. The van der Waals surface area contributed by atoms with Crippen LogP contribution in [-0.2, 0) is 9.53 Å². The standard InChI is InChI=1S/C10H20N2O2/c1-10(2,14-4)7-11-8-5-6-12(3)9(8)13/h8,11H,5-7H2,1-4H3. The highest BCUT2D eigenvalue weighted by molar-refractivity contribution is 5.83. The van der Waals surface area contributed by atoms with Crippen LogP contribution in [-0.4, -0.2) is 49.7 Å². The summed E-state index contributed by atoms with van der Waals surface area (Å²) >= 11 is 0. The van der Waals surface area contributed by atoms with Crippen LogP contribution in [0.25, 0.3) is 0 Å². The average Bonchev–Trinajstić information content (AvgIpc) is 2.45. The SMILES string of the molecule is COC(C)(C)CNC1CCN(C)C1=O. The second kappa shape index (κ2) is 4.28. The van der Waals surface area contributed by atoms with Crippen molar-refractivity contribution in [1.29, 1.82) is 0 Å². The van der Waals surface area contributed by atoms with Gasteiger partial charge in [0.1, 0.15) is 0 Å². The molecule has 0 saturated carbocycles. The molecule has 1 amide bonds. The van der Waals surface area contributed by atoms with Gasteiger partial charge < -0.3 is 15.0 Å². The van der Waals surface area contributed by atoms with E-state index in [1.807, 2.05) is 20.9 Å². The first-order chi connectivity index (χ1) is 6.46. The molecule has 1 saturated heterocycles. The topological polar surface area (TPSA) is 41.6 Å². The smallest absolute Gasteiger partial charge is 0.239 e. The summed E-state index contributed by atoms with van der Waals surface area (Å²) in [5.41, 5.74) is -0.207. The fourth-order valence-electron chi connectivity index (χ4n) is 1.45. The van der Waals surface area contributed by atoms with Gasteiger partial charge in [0.25, 0.3) is 0 Å². The first kappa shape index (κ1) is 11.5. The van der Waals surface area contributed by atoms with Crippen LogP contribution >= 0.6 is 0 Å². The van der Waals surface area contributed by atoms with E-state index >= 15 is 0 Å². The first-order valence-electron chi connectivity index (χ1n) is 5.00. The summed E-state index contributed by atoms with van der Waals surface area (Å²) in [5.74, 6) is 0.192. The summed E-state index contributed by atoms with van der Waals surface area (Å²) in [7, 11) is 3.52. The van der Waals surface area contributed by atoms with E-state index in [1.54, 1.807) is 12.0 Å². The van der Waals surface area contributed by atoms with Gasteiger partial charge in [0.15, 0.2) is 0 Å². The van der Waals surface area contributed by atoms with Crippen molar-refractivity contribution >= 4 is 5.91 Å². The number of carbonyl (C=O) groups excluding carboxylic acids is 1. The Morgan fingerprint density at radius 3 is 2.71 bits per heavy atom. The highest BCUT2D eigenvalue weighted by atomic mass is 16.5. The molecule has 4 nitrogen and oxygen atoms in total. The molecule has 0 aromatic heterocycles. The zero-order valence-corrected chi connectivity index (χ0v) is 9.46. The van der Waals surface area contributed by atoms with Crippen LogP contribution in [0.1, 0.15) is 20.3 Å². The fraction of sp³-hybridized carbons (Fsp3) is 0.900. The van der Waals surface area contributed by atoms with Gasteiger partial charge in [0.05, 0.1) is 11.6 Å². The number of hydrogen-bond donors (Lipinski definition) is 1. The minimum atomic E-state index is -0.207. The largest absolute Gasteiger partial charge is 0.377 e. The van der Waals surface area contributed by atoms with Crippen LogP contribution in [0, 0.1) is 0 Å². The molecule has 0 aliphatic carbocycles. The minimum absolute atomic E-state index is 0.0191. The molecule has 0 radical (unpaired) electrons. The minimum Gasteiger partial charge on any atom is -0.377 e. The van der Waals surface area contributed by atoms with E-state index in [1.165, 1.54) is 0 Å². The summed E-state index contributed by atoms with van der Waals surface area (Å²) in [5, 5.41) is 3.24. The number of likely N-dealkylation sites (N-methyl/N-ethyl adjacent to an activating group) is 1. The van der Waals surface area contributed by atoms with E-state index in [0.717, 1.165) is 13.0 Å². The lowest BCUT2D eigenvalue weighted by atomic mass is 10.1. The summed E-state index contributed by atoms with van der Waals surface area (Å²) in [6, 6.07) is -0.0191. The lowest BCUT2D eigenvalue weighted by Gasteiger charge is -2.25. The molecular weight excluding hydrogens is 180 g/mol. The lowest BCUT2D eigenvalue weighted by Crippen LogP contribution is -2.45. The number of likely N-dealkylation sites (tertiary alicyclic amines) is 1. The molecule has 1 atom stereocenters. The van der Waals surface area contributed by atoms with Crippen molar-refractivity contribution in [2.24, 2.45) is 0 Å². The van der Waals surface area contributed by atoms with Crippen LogP contribution in [0.2, 0.25) is 0 Å². The molecule has 1 aliphatic rings. The quantitative estimate of drug-likeness (QED) is 0.706. The van der Waals surface area contributed by atoms with Crippen molar-refractivity contribution in [2.75, 3.05) is 27.2 Å². The molecule has 0 bridgehead atoms. The third-order valence-corrected chi connectivity index (χ3v) is 2.75. The van der Waals surface area contributed by atoms with Crippen molar-refractivity contribution in [1.82, 2.24) is 10.2 Å². The fourth-order valence-corrected chi connectivity index (χ4v) is 1.45. The Morgan fingerprint density at radius 2 is 2.29 bits per heavy atom. The van der Waals surface area contributed by atoms with E-state index in [4.69, 9.17) is 4.74 Å². The number of ether oxygens (including phenoxy) is 1. The molecule has 1 heterocycles. The van der Waals surface area contributed by atoms with Gasteiger partial charge in [-0.15, -0.1) is 0 Å². The number of carbonyl (C=O) groups is 1. The number of methoxy groups -OCH3 is 1. The average molecular weight is 200 g/mol. The zero-order valence-electron chi connectivity index (χ0n) is 9.46. The molecule has 1 fully saturated rings. The molecule has 0 aromatic rings. The summed E-state index contributed by atoms with van der Waals surface area (Å²) in [6.07, 6.45) is 0.898. The van der Waals surface area contributed by atoms with E-state index in [9.17, 15) is 4.79 Å². The number of nitrogens with zero attached hydrogens (tertiary/aromatic N) is 1. The molecule has 4 heteroatoms. The highest BCUT2D eigenvalue weighted by Crippen LogP contribution is 2.11. The van der Waals surface area contributed by atoms with E-state index in [2.05, 4.69) is 5.32 Å². The van der Waals surface area contributed by atoms with Gasteiger partial charge in [0, 0.05) is 27.2 Å². The van der Waals surface area contributed by atoms with Crippen LogP contribution in [0.5, 0.6) is 0 Å². The molecule has 1 unspecified atom stereocenters. The summed E-state index contributed by atoms with van der Waals surface area (Å²) in [4.78, 5) is 13.3. The maximum atomic E-state index is 11.5. The Morgan fingerprint density at radius 1 is 1.64 bits per heavy atom. The van der Waals surface area contributed by atoms with Crippen molar-refractivity contribution in [3.63, 3.8) is 0 Å². The summed E-state index contributed by atoms with van der Waals surface area (Å²) in [6.45, 7) is 5.56. The molecule has 82 valence electrons. The van der Waals surface area contributed by atoms with Gasteiger partial charge in [-0.3, -0.25) is 4.79 Å². The van der Waals surface area contributed by atoms with E-state index < -0.39 is 0 Å². The van der Waals surface area contributed by atoms with Gasteiger partial charge in [0.2, 0.25) is 5.91 Å². The van der Waals surface area contributed by atoms with Crippen molar-refractivity contribution in [3.05, 3.63) is 0 Å². The molecule has 1 aliphatic heterocycles. The Kier molecular flexibility index (Phi) is 3.50. The molecule has 0 aromatic carbocycles. The highest BCUT2D eigenvalue weighted by Gasteiger charge is 2.30. The molecule has 1 N–H and O–H groups in total. The number of amides is 1. The zero-order chi connectivity index (χ0) is 10.8. The van der Waals surface area contributed by atoms with Gasteiger partial charge in [-0.05, 0) is 20.3 Å². The number of rotatable bonds is 4. The van der Waals surface area contributed by atoms with E-state index in [0.29, 0.717) is 6.54 Å². The molecule has 14 heavy (non-hydrogen) atoms. The predicted octanol–water partition coefficient (Wildman–Crippen LogP) is 0.232. The Hall–Kier alpha value is -0.610. The normalized spacial score (nSPS) is 23.3. The van der Waals surface area contributed by atoms with Crippen LogP contribution < -0.4 is 5.32 Å². The third kappa shape index (κ3) is 2.69. The number of hydrogen-bond acceptors (Lipinski definition) is 3. The van der Waals surface area contributed by atoms with E-state index in [-0.39, 0.29) is 17.6 Å². The maximum Gasteiger partial charge on any atom is 0.239 e. The Balaban J connectivity index is 2.36. The predicted molar refractivity (Wildman–Crippen MR) is 55.1 cm³/mol. The van der Waals surface area contributed by atoms with Gasteiger partial charge >= 0.3 is 0 Å². The van der Waals surface area contributed by atoms with Crippen molar-refractivity contribution in [2.45, 2.75) is 31.9 Å². The maximum absolute atomic E-state index is 11.5. The first-order valence-corrected chi connectivity index (χ1v) is 5.00. The second-order valence-corrected chi connectivity index (χ2v) is 4.45. The molecule has 1 rings (SSSR count). The van der Waals surface area contributed by atoms with Crippen molar-refractivity contribution in [3.8, 4) is 0 Å².